The molecule has 0 saturated carbocycles. The van der Waals surface area contributed by atoms with E-state index in [0.29, 0.717) is 5.69 Å². The molecule has 0 bridgehead atoms. The second kappa shape index (κ2) is 5.97. The topological polar surface area (TPSA) is 75.3 Å². The largest absolute Gasteiger partial charge is 0.326 e. The maximum atomic E-state index is 11.9. The second-order valence-corrected chi connectivity index (χ2v) is 5.85. The molecule has 100 valence electrons. The lowest BCUT2D eigenvalue weighted by Crippen LogP contribution is -2.31. The van der Waals surface area contributed by atoms with Crippen molar-refractivity contribution in [2.24, 2.45) is 0 Å². The molecule has 0 spiro atoms. The quantitative estimate of drug-likeness (QED) is 0.855. The maximum Gasteiger partial charge on any atom is 0.240 e. The van der Waals surface area contributed by atoms with Gasteiger partial charge in [0, 0.05) is 18.7 Å². The number of anilines is 1. The number of carbonyl (C=O) groups excluding carboxylic acids is 1. The van der Waals surface area contributed by atoms with Crippen molar-refractivity contribution in [2.45, 2.75) is 38.1 Å². The van der Waals surface area contributed by atoms with E-state index in [-0.39, 0.29) is 16.8 Å². The van der Waals surface area contributed by atoms with Crippen LogP contribution >= 0.6 is 0 Å². The van der Waals surface area contributed by atoms with Gasteiger partial charge in [-0.05, 0) is 37.6 Å². The Kier molecular flexibility index (Phi) is 4.86. The highest BCUT2D eigenvalue weighted by Gasteiger charge is 2.16. The molecule has 6 heteroatoms. The van der Waals surface area contributed by atoms with Gasteiger partial charge in [0.1, 0.15) is 0 Å². The molecular formula is C12H18N2O3S. The van der Waals surface area contributed by atoms with Gasteiger partial charge in [0.15, 0.2) is 0 Å². The van der Waals surface area contributed by atoms with Crippen LogP contribution in [0, 0.1) is 0 Å². The molecule has 0 fully saturated rings. The molecule has 0 radical (unpaired) electrons. The van der Waals surface area contributed by atoms with E-state index in [2.05, 4.69) is 10.0 Å². The number of sulfonamides is 1. The Morgan fingerprint density at radius 1 is 1.28 bits per heavy atom. The number of nitrogens with one attached hydrogen (secondary N) is 2. The zero-order chi connectivity index (χ0) is 13.8. The van der Waals surface area contributed by atoms with Gasteiger partial charge in [-0.3, -0.25) is 4.79 Å². The minimum atomic E-state index is -3.48. The van der Waals surface area contributed by atoms with Crippen molar-refractivity contribution in [2.75, 3.05) is 5.32 Å². The van der Waals surface area contributed by atoms with Crippen LogP contribution in [-0.4, -0.2) is 20.4 Å². The van der Waals surface area contributed by atoms with Gasteiger partial charge in [-0.2, -0.15) is 0 Å². The van der Waals surface area contributed by atoms with Gasteiger partial charge < -0.3 is 5.32 Å². The maximum absolute atomic E-state index is 11.9. The normalized spacial score (nSPS) is 13.1. The molecule has 1 aromatic rings. The van der Waals surface area contributed by atoms with Crippen LogP contribution in [-0.2, 0) is 14.8 Å². The summed E-state index contributed by atoms with van der Waals surface area (Å²) >= 11 is 0. The molecule has 1 amide bonds. The highest BCUT2D eigenvalue weighted by atomic mass is 32.2. The standard InChI is InChI=1S/C12H18N2O3S/c1-4-9(2)14-18(16,17)12-7-5-11(6-8-12)13-10(3)15/h5-9,14H,4H2,1-3H3,(H,13,15)/t9-/m0/s1. The Bertz CT molecular complexity index is 509. The van der Waals surface area contributed by atoms with Crippen LogP contribution in [0.3, 0.4) is 0 Å². The van der Waals surface area contributed by atoms with Crippen molar-refractivity contribution in [3.63, 3.8) is 0 Å². The molecule has 0 aliphatic heterocycles. The minimum Gasteiger partial charge on any atom is -0.326 e. The highest BCUT2D eigenvalue weighted by molar-refractivity contribution is 7.89. The molecule has 0 unspecified atom stereocenters. The first-order chi connectivity index (χ1) is 8.35. The van der Waals surface area contributed by atoms with Gasteiger partial charge in [0.2, 0.25) is 15.9 Å². The molecule has 1 atom stereocenters. The summed E-state index contributed by atoms with van der Waals surface area (Å²) in [7, 11) is -3.48. The monoisotopic (exact) mass is 270 g/mol. The van der Waals surface area contributed by atoms with Crippen molar-refractivity contribution in [1.82, 2.24) is 4.72 Å². The van der Waals surface area contributed by atoms with Crippen LogP contribution in [0.25, 0.3) is 0 Å². The minimum absolute atomic E-state index is 0.106. The van der Waals surface area contributed by atoms with Crippen LogP contribution in [0.15, 0.2) is 29.2 Å². The lowest BCUT2D eigenvalue weighted by molar-refractivity contribution is -0.114. The molecule has 2 N–H and O–H groups in total. The third kappa shape index (κ3) is 4.12. The zero-order valence-corrected chi connectivity index (χ0v) is 11.5. The Balaban J connectivity index is 2.87. The van der Waals surface area contributed by atoms with E-state index in [9.17, 15) is 13.2 Å². The Morgan fingerprint density at radius 3 is 2.28 bits per heavy atom. The summed E-state index contributed by atoms with van der Waals surface area (Å²) < 4.78 is 26.4. The molecule has 0 heterocycles. The predicted octanol–water partition coefficient (Wildman–Crippen LogP) is 1.72. The average Bonchev–Trinajstić information content (AvgIpc) is 2.28. The molecular weight excluding hydrogens is 252 g/mol. The summed E-state index contributed by atoms with van der Waals surface area (Å²) in [5.74, 6) is -0.191. The summed E-state index contributed by atoms with van der Waals surface area (Å²) in [6, 6.07) is 5.95. The van der Waals surface area contributed by atoms with E-state index < -0.39 is 10.0 Å². The van der Waals surface area contributed by atoms with Crippen LogP contribution in [0.4, 0.5) is 5.69 Å². The smallest absolute Gasteiger partial charge is 0.240 e. The first-order valence-corrected chi connectivity index (χ1v) is 7.23. The van der Waals surface area contributed by atoms with Crippen LogP contribution < -0.4 is 10.0 Å². The van der Waals surface area contributed by atoms with Crippen molar-refractivity contribution in [3.05, 3.63) is 24.3 Å². The van der Waals surface area contributed by atoms with Crippen molar-refractivity contribution in [1.29, 1.82) is 0 Å². The molecule has 18 heavy (non-hydrogen) atoms. The third-order valence-electron chi connectivity index (χ3n) is 2.45. The fourth-order valence-corrected chi connectivity index (χ4v) is 2.66. The Labute approximate surface area is 108 Å². The molecule has 0 aliphatic rings. The van der Waals surface area contributed by atoms with Crippen LogP contribution in [0.2, 0.25) is 0 Å². The molecule has 1 rings (SSSR count). The number of rotatable bonds is 5. The SMILES string of the molecule is CC[C@H](C)NS(=O)(=O)c1ccc(NC(C)=O)cc1. The second-order valence-electron chi connectivity index (χ2n) is 4.14. The van der Waals surface area contributed by atoms with E-state index in [1.54, 1.807) is 12.1 Å². The Morgan fingerprint density at radius 2 is 1.83 bits per heavy atom. The van der Waals surface area contributed by atoms with Gasteiger partial charge >= 0.3 is 0 Å². The fraction of sp³-hybridized carbons (Fsp3) is 0.417. The molecule has 1 aromatic carbocycles. The summed E-state index contributed by atoms with van der Waals surface area (Å²) in [4.78, 5) is 11.0. The fourth-order valence-electron chi connectivity index (χ4n) is 1.34. The first kappa shape index (κ1) is 14.7. The van der Waals surface area contributed by atoms with E-state index >= 15 is 0 Å². The number of hydrogen-bond donors (Lipinski definition) is 2. The van der Waals surface area contributed by atoms with Crippen molar-refractivity contribution < 1.29 is 13.2 Å². The van der Waals surface area contributed by atoms with Gasteiger partial charge in [0.05, 0.1) is 4.90 Å². The van der Waals surface area contributed by atoms with E-state index in [4.69, 9.17) is 0 Å². The molecule has 0 saturated heterocycles. The van der Waals surface area contributed by atoms with E-state index in [1.807, 2.05) is 13.8 Å². The predicted molar refractivity (Wildman–Crippen MR) is 70.8 cm³/mol. The van der Waals surface area contributed by atoms with Crippen LogP contribution in [0.1, 0.15) is 27.2 Å². The number of amides is 1. The summed E-state index contributed by atoms with van der Waals surface area (Å²) in [6.07, 6.45) is 0.725. The number of hydrogen-bond acceptors (Lipinski definition) is 3. The summed E-state index contributed by atoms with van der Waals surface area (Å²) in [5.41, 5.74) is 0.574. The van der Waals surface area contributed by atoms with Gasteiger partial charge in [0.25, 0.3) is 0 Å². The van der Waals surface area contributed by atoms with Gasteiger partial charge in [-0.15, -0.1) is 0 Å². The summed E-state index contributed by atoms with van der Waals surface area (Å²) in [5, 5.41) is 2.58. The average molecular weight is 270 g/mol. The summed E-state index contributed by atoms with van der Waals surface area (Å²) in [6.45, 7) is 5.12. The van der Waals surface area contributed by atoms with Gasteiger partial charge in [-0.25, -0.2) is 13.1 Å². The van der Waals surface area contributed by atoms with Crippen LogP contribution in [0.5, 0.6) is 0 Å². The third-order valence-corrected chi connectivity index (χ3v) is 4.06. The molecule has 0 aliphatic carbocycles. The number of carbonyl (C=O) groups is 1. The number of benzene rings is 1. The molecule has 5 nitrogen and oxygen atoms in total. The van der Waals surface area contributed by atoms with E-state index in [1.165, 1.54) is 19.1 Å². The molecule has 0 aromatic heterocycles. The Hall–Kier alpha value is -1.40. The van der Waals surface area contributed by atoms with Gasteiger partial charge in [-0.1, -0.05) is 6.92 Å². The lowest BCUT2D eigenvalue weighted by Gasteiger charge is -2.12. The first-order valence-electron chi connectivity index (χ1n) is 5.75. The highest BCUT2D eigenvalue weighted by Crippen LogP contribution is 2.14. The zero-order valence-electron chi connectivity index (χ0n) is 10.7. The lowest BCUT2D eigenvalue weighted by atomic mass is 10.3. The van der Waals surface area contributed by atoms with Crippen molar-refractivity contribution >= 4 is 21.6 Å². The van der Waals surface area contributed by atoms with E-state index in [0.717, 1.165) is 6.42 Å². The van der Waals surface area contributed by atoms with Crippen molar-refractivity contribution in [3.8, 4) is 0 Å².